The fourth-order valence-corrected chi connectivity index (χ4v) is 3.81. The van der Waals surface area contributed by atoms with Crippen molar-refractivity contribution in [1.29, 1.82) is 5.26 Å². The van der Waals surface area contributed by atoms with Crippen LogP contribution in [0.1, 0.15) is 35.2 Å². The number of fused-ring (bicyclic) bond motifs is 1. The van der Waals surface area contributed by atoms with E-state index in [1.165, 1.54) is 24.9 Å². The Bertz CT molecular complexity index is 1100. The number of rotatable bonds is 5. The second-order valence-corrected chi connectivity index (χ2v) is 7.25. The van der Waals surface area contributed by atoms with Crippen molar-refractivity contribution in [3.63, 3.8) is 0 Å². The van der Waals surface area contributed by atoms with Gasteiger partial charge in [0.2, 0.25) is 5.78 Å². The highest BCUT2D eigenvalue weighted by Crippen LogP contribution is 2.26. The maximum atomic E-state index is 13.0. The molecular formula is C24H23N3O2. The second-order valence-electron chi connectivity index (χ2n) is 7.25. The number of carbonyl (C=O) groups is 1. The van der Waals surface area contributed by atoms with Crippen LogP contribution >= 0.6 is 0 Å². The molecule has 29 heavy (non-hydrogen) atoms. The lowest BCUT2D eigenvalue weighted by molar-refractivity contribution is 0.104. The van der Waals surface area contributed by atoms with Gasteiger partial charge >= 0.3 is 0 Å². The van der Waals surface area contributed by atoms with Gasteiger partial charge in [-0.05, 0) is 61.2 Å². The predicted molar refractivity (Wildman–Crippen MR) is 115 cm³/mol. The van der Waals surface area contributed by atoms with Gasteiger partial charge in [0.25, 0.3) is 0 Å². The number of methoxy groups -OCH3 is 1. The summed E-state index contributed by atoms with van der Waals surface area (Å²) in [6, 6.07) is 15.6. The van der Waals surface area contributed by atoms with E-state index < -0.39 is 0 Å². The summed E-state index contributed by atoms with van der Waals surface area (Å²) in [6.07, 6.45) is 7.05. The molecule has 0 saturated carbocycles. The number of Topliss-reactive ketones (excluding diaryl/α,β-unsaturated/α-hetero) is 1. The van der Waals surface area contributed by atoms with Crippen LogP contribution in [0.5, 0.6) is 5.75 Å². The first-order valence-electron chi connectivity index (χ1n) is 9.86. The topological polar surface area (TPSA) is 69.1 Å². The van der Waals surface area contributed by atoms with E-state index in [1.54, 1.807) is 19.4 Å². The Kier molecular flexibility index (Phi) is 5.35. The van der Waals surface area contributed by atoms with E-state index in [4.69, 9.17) is 4.74 Å². The van der Waals surface area contributed by atoms with Crippen molar-refractivity contribution in [2.24, 2.45) is 0 Å². The minimum atomic E-state index is -0.299. The SMILES string of the molecule is COc1ccc2[nH]cc(C(=O)/C(C#N)=C\c3ccc(N4CCCCC4)cc3)c2c1. The van der Waals surface area contributed by atoms with Gasteiger partial charge in [0.05, 0.1) is 7.11 Å². The number of ether oxygens (including phenoxy) is 1. The summed E-state index contributed by atoms with van der Waals surface area (Å²) in [6.45, 7) is 2.17. The molecule has 5 nitrogen and oxygen atoms in total. The molecule has 4 rings (SSSR count). The summed E-state index contributed by atoms with van der Waals surface area (Å²) in [4.78, 5) is 18.5. The largest absolute Gasteiger partial charge is 0.497 e. The molecule has 1 N–H and O–H groups in total. The zero-order valence-corrected chi connectivity index (χ0v) is 16.4. The smallest absolute Gasteiger partial charge is 0.205 e. The number of nitriles is 1. The molecule has 1 aromatic heterocycles. The van der Waals surface area contributed by atoms with Crippen molar-refractivity contribution in [2.45, 2.75) is 19.3 Å². The summed E-state index contributed by atoms with van der Waals surface area (Å²) in [5.41, 5.74) is 3.44. The van der Waals surface area contributed by atoms with Gasteiger partial charge in [0.15, 0.2) is 0 Å². The highest BCUT2D eigenvalue weighted by atomic mass is 16.5. The fraction of sp³-hybridized carbons (Fsp3) is 0.250. The maximum Gasteiger partial charge on any atom is 0.205 e. The lowest BCUT2D eigenvalue weighted by Gasteiger charge is -2.28. The molecule has 2 aromatic carbocycles. The van der Waals surface area contributed by atoms with Crippen LogP contribution in [0.25, 0.3) is 17.0 Å². The van der Waals surface area contributed by atoms with Crippen LogP contribution in [0.15, 0.2) is 54.2 Å². The third-order valence-corrected chi connectivity index (χ3v) is 5.42. The first-order chi connectivity index (χ1) is 14.2. The first kappa shape index (κ1) is 18.8. The fourth-order valence-electron chi connectivity index (χ4n) is 3.81. The van der Waals surface area contributed by atoms with Gasteiger partial charge in [-0.3, -0.25) is 4.79 Å². The average Bonchev–Trinajstić information content (AvgIpc) is 3.21. The number of anilines is 1. The van der Waals surface area contributed by atoms with E-state index in [1.807, 2.05) is 30.3 Å². The lowest BCUT2D eigenvalue weighted by Crippen LogP contribution is -2.29. The van der Waals surface area contributed by atoms with Crippen LogP contribution in [0.3, 0.4) is 0 Å². The molecule has 3 aromatic rings. The van der Waals surface area contributed by atoms with Crippen molar-refractivity contribution in [2.75, 3.05) is 25.1 Å². The van der Waals surface area contributed by atoms with Crippen LogP contribution in [0.4, 0.5) is 5.69 Å². The Morgan fingerprint density at radius 3 is 2.59 bits per heavy atom. The Morgan fingerprint density at radius 2 is 1.90 bits per heavy atom. The van der Waals surface area contributed by atoms with Crippen LogP contribution in [-0.4, -0.2) is 31.0 Å². The summed E-state index contributed by atoms with van der Waals surface area (Å²) in [7, 11) is 1.59. The van der Waals surface area contributed by atoms with E-state index in [2.05, 4.69) is 28.1 Å². The number of hydrogen-bond acceptors (Lipinski definition) is 4. The number of aromatic nitrogens is 1. The minimum Gasteiger partial charge on any atom is -0.497 e. The molecule has 0 bridgehead atoms. The molecule has 0 unspecified atom stereocenters. The summed E-state index contributed by atoms with van der Waals surface area (Å²) in [5.74, 6) is 0.369. The maximum absolute atomic E-state index is 13.0. The zero-order valence-electron chi connectivity index (χ0n) is 16.4. The number of benzene rings is 2. The second kappa shape index (κ2) is 8.24. The predicted octanol–water partition coefficient (Wildman–Crippen LogP) is 4.96. The molecule has 1 fully saturated rings. The summed E-state index contributed by atoms with van der Waals surface area (Å²) < 4.78 is 5.26. The monoisotopic (exact) mass is 385 g/mol. The van der Waals surface area contributed by atoms with Gasteiger partial charge in [-0.25, -0.2) is 0 Å². The van der Waals surface area contributed by atoms with Gasteiger partial charge < -0.3 is 14.6 Å². The first-order valence-corrected chi connectivity index (χ1v) is 9.86. The van der Waals surface area contributed by atoms with E-state index in [0.717, 1.165) is 29.6 Å². The third-order valence-electron chi connectivity index (χ3n) is 5.42. The number of ketones is 1. The van der Waals surface area contributed by atoms with E-state index >= 15 is 0 Å². The van der Waals surface area contributed by atoms with Crippen molar-refractivity contribution in [1.82, 2.24) is 4.98 Å². The number of aromatic amines is 1. The Morgan fingerprint density at radius 1 is 1.14 bits per heavy atom. The molecular weight excluding hydrogens is 362 g/mol. The lowest BCUT2D eigenvalue weighted by atomic mass is 10.0. The quantitative estimate of drug-likeness (QED) is 0.383. The van der Waals surface area contributed by atoms with Crippen molar-refractivity contribution in [3.8, 4) is 11.8 Å². The zero-order chi connectivity index (χ0) is 20.2. The molecule has 0 atom stereocenters. The normalized spacial score (nSPS) is 14.6. The van der Waals surface area contributed by atoms with Crippen LogP contribution in [0, 0.1) is 11.3 Å². The highest BCUT2D eigenvalue weighted by Gasteiger charge is 2.17. The number of piperidine rings is 1. The summed E-state index contributed by atoms with van der Waals surface area (Å²) in [5, 5.41) is 10.4. The molecule has 0 spiro atoms. The minimum absolute atomic E-state index is 0.111. The molecule has 1 aliphatic heterocycles. The average molecular weight is 385 g/mol. The molecule has 1 saturated heterocycles. The number of carbonyl (C=O) groups excluding carboxylic acids is 1. The molecule has 2 heterocycles. The highest BCUT2D eigenvalue weighted by molar-refractivity contribution is 6.20. The van der Waals surface area contributed by atoms with Crippen LogP contribution < -0.4 is 9.64 Å². The standard InChI is InChI=1S/C24H23N3O2/c1-29-20-9-10-23-21(14-20)22(16-26-23)24(28)18(15-25)13-17-5-7-19(8-6-17)27-11-3-2-4-12-27/h5-10,13-14,16,26H,2-4,11-12H2,1H3/b18-13-. The van der Waals surface area contributed by atoms with Gasteiger partial charge in [0.1, 0.15) is 17.4 Å². The third kappa shape index (κ3) is 3.88. The molecule has 0 aliphatic carbocycles. The van der Waals surface area contributed by atoms with Gasteiger partial charge in [-0.2, -0.15) is 5.26 Å². The van der Waals surface area contributed by atoms with Crippen molar-refractivity contribution >= 4 is 28.4 Å². The van der Waals surface area contributed by atoms with E-state index in [9.17, 15) is 10.1 Å². The number of hydrogen-bond donors (Lipinski definition) is 1. The molecule has 0 radical (unpaired) electrons. The van der Waals surface area contributed by atoms with E-state index in [-0.39, 0.29) is 11.4 Å². The Hall–Kier alpha value is -3.52. The van der Waals surface area contributed by atoms with Crippen LogP contribution in [-0.2, 0) is 0 Å². The van der Waals surface area contributed by atoms with Crippen molar-refractivity contribution < 1.29 is 9.53 Å². The Balaban J connectivity index is 1.60. The molecule has 5 heteroatoms. The number of nitrogens with zero attached hydrogens (tertiary/aromatic N) is 2. The summed E-state index contributed by atoms with van der Waals surface area (Å²) >= 11 is 0. The number of nitrogens with one attached hydrogen (secondary N) is 1. The molecule has 0 amide bonds. The van der Waals surface area contributed by atoms with Gasteiger partial charge in [-0.15, -0.1) is 0 Å². The molecule has 146 valence electrons. The molecule has 1 aliphatic rings. The Labute approximate surface area is 170 Å². The van der Waals surface area contributed by atoms with Crippen LogP contribution in [0.2, 0.25) is 0 Å². The van der Waals surface area contributed by atoms with Crippen molar-refractivity contribution in [3.05, 3.63) is 65.4 Å². The van der Waals surface area contributed by atoms with Gasteiger partial charge in [0, 0.05) is 41.4 Å². The van der Waals surface area contributed by atoms with E-state index in [0.29, 0.717) is 11.3 Å². The number of allylic oxidation sites excluding steroid dienone is 1. The number of H-pyrrole nitrogens is 1. The van der Waals surface area contributed by atoms with Gasteiger partial charge in [-0.1, -0.05) is 12.1 Å².